The van der Waals surface area contributed by atoms with E-state index >= 15 is 0 Å². The molecule has 0 fully saturated rings. The summed E-state index contributed by atoms with van der Waals surface area (Å²) < 4.78 is 1.57. The van der Waals surface area contributed by atoms with Gasteiger partial charge in [0, 0.05) is 13.2 Å². The van der Waals surface area contributed by atoms with Crippen molar-refractivity contribution in [2.45, 2.75) is 6.42 Å². The first-order valence-corrected chi connectivity index (χ1v) is 7.23. The smallest absolute Gasteiger partial charge is 0.267 e. The number of anilines is 1. The SMILES string of the molecule is Cl.O=c1c2ccccc2nc(NCCCO)n1-c1ccccc1. The molecule has 23 heavy (non-hydrogen) atoms. The van der Waals surface area contributed by atoms with Gasteiger partial charge in [-0.1, -0.05) is 30.3 Å². The van der Waals surface area contributed by atoms with Crippen molar-refractivity contribution in [1.29, 1.82) is 0 Å². The van der Waals surface area contributed by atoms with Crippen molar-refractivity contribution in [1.82, 2.24) is 9.55 Å². The van der Waals surface area contributed by atoms with E-state index in [1.807, 2.05) is 48.5 Å². The van der Waals surface area contributed by atoms with Gasteiger partial charge >= 0.3 is 0 Å². The van der Waals surface area contributed by atoms with Crippen LogP contribution in [0.3, 0.4) is 0 Å². The molecule has 0 bridgehead atoms. The Morgan fingerprint density at radius 3 is 2.48 bits per heavy atom. The normalized spacial score (nSPS) is 10.3. The molecule has 5 nitrogen and oxygen atoms in total. The highest BCUT2D eigenvalue weighted by atomic mass is 35.5. The summed E-state index contributed by atoms with van der Waals surface area (Å²) in [7, 11) is 0. The summed E-state index contributed by atoms with van der Waals surface area (Å²) in [6.07, 6.45) is 0.595. The van der Waals surface area contributed by atoms with Crippen LogP contribution in [0.4, 0.5) is 5.95 Å². The van der Waals surface area contributed by atoms with Gasteiger partial charge in [0.25, 0.3) is 5.56 Å². The van der Waals surface area contributed by atoms with Crippen LogP contribution in [0.1, 0.15) is 6.42 Å². The molecular formula is C17H18ClN3O2. The van der Waals surface area contributed by atoms with Gasteiger partial charge in [0.15, 0.2) is 0 Å². The zero-order valence-corrected chi connectivity index (χ0v) is 13.3. The van der Waals surface area contributed by atoms with Crippen molar-refractivity contribution >= 4 is 29.3 Å². The van der Waals surface area contributed by atoms with E-state index in [1.165, 1.54) is 0 Å². The molecule has 0 amide bonds. The molecule has 0 atom stereocenters. The summed E-state index contributed by atoms with van der Waals surface area (Å²) in [5, 5.41) is 12.6. The number of para-hydroxylation sites is 2. The van der Waals surface area contributed by atoms with E-state index in [4.69, 9.17) is 5.11 Å². The maximum atomic E-state index is 12.8. The van der Waals surface area contributed by atoms with Crippen LogP contribution in [-0.4, -0.2) is 27.8 Å². The first kappa shape index (κ1) is 17.0. The fourth-order valence-corrected chi connectivity index (χ4v) is 2.35. The van der Waals surface area contributed by atoms with Crippen molar-refractivity contribution < 1.29 is 5.11 Å². The third kappa shape index (κ3) is 3.52. The second-order valence-electron chi connectivity index (χ2n) is 4.93. The van der Waals surface area contributed by atoms with Crippen LogP contribution in [0.2, 0.25) is 0 Å². The van der Waals surface area contributed by atoms with Gasteiger partial charge in [-0.2, -0.15) is 0 Å². The molecular weight excluding hydrogens is 314 g/mol. The lowest BCUT2D eigenvalue weighted by Crippen LogP contribution is -2.24. The number of aliphatic hydroxyl groups excluding tert-OH is 1. The number of hydrogen-bond donors (Lipinski definition) is 2. The van der Waals surface area contributed by atoms with Gasteiger partial charge in [-0.3, -0.25) is 4.79 Å². The Balaban J connectivity index is 0.00000192. The molecule has 0 aliphatic carbocycles. The number of hydrogen-bond acceptors (Lipinski definition) is 4. The van der Waals surface area contributed by atoms with Gasteiger partial charge in [-0.15, -0.1) is 12.4 Å². The Kier molecular flexibility index (Phi) is 5.73. The fourth-order valence-electron chi connectivity index (χ4n) is 2.35. The molecule has 0 aliphatic rings. The van der Waals surface area contributed by atoms with Crippen molar-refractivity contribution in [3.63, 3.8) is 0 Å². The summed E-state index contributed by atoms with van der Waals surface area (Å²) in [6, 6.07) is 16.7. The average Bonchev–Trinajstić information content (AvgIpc) is 2.56. The lowest BCUT2D eigenvalue weighted by Gasteiger charge is -2.14. The summed E-state index contributed by atoms with van der Waals surface area (Å²) in [6.45, 7) is 0.643. The Morgan fingerprint density at radius 2 is 1.74 bits per heavy atom. The maximum absolute atomic E-state index is 12.8. The average molecular weight is 332 g/mol. The summed E-state index contributed by atoms with van der Waals surface area (Å²) in [5.41, 5.74) is 1.31. The third-order valence-corrected chi connectivity index (χ3v) is 3.41. The van der Waals surface area contributed by atoms with Crippen LogP contribution in [0, 0.1) is 0 Å². The number of nitrogens with zero attached hydrogens (tertiary/aromatic N) is 2. The van der Waals surface area contributed by atoms with Gasteiger partial charge < -0.3 is 10.4 Å². The van der Waals surface area contributed by atoms with Crippen LogP contribution in [0.5, 0.6) is 0 Å². The van der Waals surface area contributed by atoms with Gasteiger partial charge in [0.05, 0.1) is 16.6 Å². The quantitative estimate of drug-likeness (QED) is 0.705. The van der Waals surface area contributed by atoms with Crippen molar-refractivity contribution in [2.75, 3.05) is 18.5 Å². The van der Waals surface area contributed by atoms with E-state index in [1.54, 1.807) is 10.6 Å². The van der Waals surface area contributed by atoms with E-state index in [2.05, 4.69) is 10.3 Å². The highest BCUT2D eigenvalue weighted by Gasteiger charge is 2.11. The van der Waals surface area contributed by atoms with Crippen LogP contribution < -0.4 is 10.9 Å². The second-order valence-corrected chi connectivity index (χ2v) is 4.93. The maximum Gasteiger partial charge on any atom is 0.267 e. The molecule has 3 aromatic rings. The lowest BCUT2D eigenvalue weighted by molar-refractivity contribution is 0.292. The number of aromatic nitrogens is 2. The van der Waals surface area contributed by atoms with Crippen LogP contribution in [-0.2, 0) is 0 Å². The van der Waals surface area contributed by atoms with Crippen molar-refractivity contribution in [3.05, 3.63) is 65.0 Å². The van der Waals surface area contributed by atoms with E-state index in [0.717, 1.165) is 5.69 Å². The van der Waals surface area contributed by atoms with Gasteiger partial charge in [-0.05, 0) is 30.7 Å². The molecule has 6 heteroatoms. The Morgan fingerprint density at radius 1 is 1.04 bits per heavy atom. The molecule has 0 radical (unpaired) electrons. The zero-order valence-electron chi connectivity index (χ0n) is 12.5. The number of nitrogens with one attached hydrogen (secondary N) is 1. The number of fused-ring (bicyclic) bond motifs is 1. The van der Waals surface area contributed by atoms with Crippen molar-refractivity contribution in [3.8, 4) is 5.69 Å². The number of benzene rings is 2. The van der Waals surface area contributed by atoms with Crippen molar-refractivity contribution in [2.24, 2.45) is 0 Å². The highest BCUT2D eigenvalue weighted by Crippen LogP contribution is 2.15. The standard InChI is InChI=1S/C17H17N3O2.ClH/c21-12-6-11-18-17-19-15-10-5-4-9-14(15)16(22)20(17)13-7-2-1-3-8-13;/h1-5,7-10,21H,6,11-12H2,(H,18,19);1H. The Hall–Kier alpha value is -2.37. The van der Waals surface area contributed by atoms with Crippen LogP contribution >= 0.6 is 12.4 Å². The van der Waals surface area contributed by atoms with Crippen LogP contribution in [0.25, 0.3) is 16.6 Å². The van der Waals surface area contributed by atoms with Gasteiger partial charge in [-0.25, -0.2) is 9.55 Å². The minimum Gasteiger partial charge on any atom is -0.396 e. The van der Waals surface area contributed by atoms with E-state index < -0.39 is 0 Å². The molecule has 3 rings (SSSR count). The molecule has 0 unspecified atom stereocenters. The molecule has 0 aliphatic heterocycles. The molecule has 120 valence electrons. The van der Waals surface area contributed by atoms with Gasteiger partial charge in [0.2, 0.25) is 5.95 Å². The van der Waals surface area contributed by atoms with E-state index in [0.29, 0.717) is 29.8 Å². The third-order valence-electron chi connectivity index (χ3n) is 3.41. The molecule has 0 saturated heterocycles. The molecule has 2 aromatic carbocycles. The Labute approximate surface area is 140 Å². The van der Waals surface area contributed by atoms with Gasteiger partial charge in [0.1, 0.15) is 0 Å². The first-order valence-electron chi connectivity index (χ1n) is 7.23. The minimum absolute atomic E-state index is 0. The lowest BCUT2D eigenvalue weighted by atomic mass is 10.2. The fraction of sp³-hybridized carbons (Fsp3) is 0.176. The largest absolute Gasteiger partial charge is 0.396 e. The van der Waals surface area contributed by atoms with E-state index in [-0.39, 0.29) is 24.6 Å². The predicted octanol–water partition coefficient (Wildman–Crippen LogP) is 2.60. The zero-order chi connectivity index (χ0) is 15.4. The summed E-state index contributed by atoms with van der Waals surface area (Å²) in [5.74, 6) is 0.489. The molecule has 2 N–H and O–H groups in total. The number of rotatable bonds is 5. The first-order chi connectivity index (χ1) is 10.8. The highest BCUT2D eigenvalue weighted by molar-refractivity contribution is 5.85. The summed E-state index contributed by atoms with van der Waals surface area (Å²) >= 11 is 0. The predicted molar refractivity (Wildman–Crippen MR) is 94.8 cm³/mol. The minimum atomic E-state index is -0.108. The number of aliphatic hydroxyl groups is 1. The molecule has 1 aromatic heterocycles. The second kappa shape index (κ2) is 7.76. The topological polar surface area (TPSA) is 67.2 Å². The molecule has 0 spiro atoms. The Bertz CT molecular complexity index is 834. The van der Waals surface area contributed by atoms with Crippen LogP contribution in [0.15, 0.2) is 59.4 Å². The molecule has 1 heterocycles. The monoisotopic (exact) mass is 331 g/mol. The summed E-state index contributed by atoms with van der Waals surface area (Å²) in [4.78, 5) is 17.4. The molecule has 0 saturated carbocycles. The van der Waals surface area contributed by atoms with E-state index in [9.17, 15) is 4.79 Å². The number of halogens is 1.